The molecule has 0 amide bonds. The Labute approximate surface area is 143 Å². The van der Waals surface area contributed by atoms with Crippen LogP contribution in [0.15, 0.2) is 29.4 Å². The minimum Gasteiger partial charge on any atom is -0.357 e. The number of guanidine groups is 1. The van der Waals surface area contributed by atoms with Crippen molar-refractivity contribution < 1.29 is 0 Å². The molecule has 1 aliphatic rings. The molecule has 0 unspecified atom stereocenters. The van der Waals surface area contributed by atoms with Crippen molar-refractivity contribution in [2.45, 2.75) is 46.1 Å². The average molecular weight is 328 g/mol. The van der Waals surface area contributed by atoms with Gasteiger partial charge in [-0.25, -0.2) is 4.99 Å². The van der Waals surface area contributed by atoms with E-state index in [0.717, 1.165) is 42.4 Å². The van der Waals surface area contributed by atoms with Crippen LogP contribution in [-0.2, 0) is 6.54 Å². The van der Waals surface area contributed by atoms with E-state index in [-0.39, 0.29) is 0 Å². The molecule has 2 N–H and O–H groups in total. The highest BCUT2D eigenvalue weighted by Gasteiger charge is 2.18. The number of nitrogens with one attached hydrogen (secondary N) is 2. The van der Waals surface area contributed by atoms with E-state index in [0.29, 0.717) is 6.54 Å². The van der Waals surface area contributed by atoms with Crippen LogP contribution < -0.4 is 10.6 Å². The van der Waals surface area contributed by atoms with Gasteiger partial charge in [0.1, 0.15) is 6.54 Å². The van der Waals surface area contributed by atoms with Crippen LogP contribution in [0.25, 0.3) is 5.65 Å². The van der Waals surface area contributed by atoms with Gasteiger partial charge in [0.05, 0.1) is 0 Å². The number of aromatic nitrogens is 3. The molecule has 6 nitrogen and oxygen atoms in total. The summed E-state index contributed by atoms with van der Waals surface area (Å²) in [5.74, 6) is 3.38. The number of pyridine rings is 1. The molecule has 1 saturated carbocycles. The predicted molar refractivity (Wildman–Crippen MR) is 96.9 cm³/mol. The highest BCUT2D eigenvalue weighted by atomic mass is 15.3. The molecule has 0 saturated heterocycles. The zero-order valence-electron chi connectivity index (χ0n) is 14.7. The Balaban J connectivity index is 1.59. The summed E-state index contributed by atoms with van der Waals surface area (Å²) in [6.07, 6.45) is 7.33. The van der Waals surface area contributed by atoms with Crippen molar-refractivity contribution in [3.05, 3.63) is 30.2 Å². The van der Waals surface area contributed by atoms with E-state index in [1.54, 1.807) is 0 Å². The van der Waals surface area contributed by atoms with Crippen LogP contribution in [0.5, 0.6) is 0 Å². The quantitative estimate of drug-likeness (QED) is 0.654. The van der Waals surface area contributed by atoms with Gasteiger partial charge in [-0.1, -0.05) is 25.8 Å². The average Bonchev–Trinajstić information content (AvgIpc) is 3.02. The molecule has 0 aliphatic heterocycles. The highest BCUT2D eigenvalue weighted by molar-refractivity contribution is 5.79. The van der Waals surface area contributed by atoms with E-state index in [9.17, 15) is 0 Å². The van der Waals surface area contributed by atoms with E-state index in [4.69, 9.17) is 0 Å². The number of hydrogen-bond acceptors (Lipinski definition) is 3. The second-order valence-corrected chi connectivity index (χ2v) is 6.75. The second kappa shape index (κ2) is 8.13. The lowest BCUT2D eigenvalue weighted by Crippen LogP contribution is -2.40. The largest absolute Gasteiger partial charge is 0.357 e. The first-order valence-electron chi connectivity index (χ1n) is 9.07. The number of nitrogens with zero attached hydrogens (tertiary/aromatic N) is 4. The van der Waals surface area contributed by atoms with Crippen LogP contribution in [0.4, 0.5) is 0 Å². The Morgan fingerprint density at radius 2 is 2.04 bits per heavy atom. The molecule has 0 spiro atoms. The maximum atomic E-state index is 4.68. The number of fused-ring (bicyclic) bond motifs is 1. The van der Waals surface area contributed by atoms with Crippen LogP contribution in [0, 0.1) is 11.8 Å². The number of rotatable bonds is 5. The van der Waals surface area contributed by atoms with Gasteiger partial charge >= 0.3 is 0 Å². The maximum absolute atomic E-state index is 4.68. The first-order valence-corrected chi connectivity index (χ1v) is 9.07. The lowest BCUT2D eigenvalue weighted by Gasteiger charge is -2.26. The van der Waals surface area contributed by atoms with Gasteiger partial charge in [-0.3, -0.25) is 4.40 Å². The maximum Gasteiger partial charge on any atom is 0.191 e. The Hall–Kier alpha value is -2.11. The molecule has 6 heteroatoms. The van der Waals surface area contributed by atoms with Crippen LogP contribution in [-0.4, -0.2) is 33.6 Å². The summed E-state index contributed by atoms with van der Waals surface area (Å²) in [5.41, 5.74) is 0.858. The fourth-order valence-corrected chi connectivity index (χ4v) is 3.26. The van der Waals surface area contributed by atoms with E-state index in [1.165, 1.54) is 25.7 Å². The smallest absolute Gasteiger partial charge is 0.191 e. The van der Waals surface area contributed by atoms with E-state index >= 15 is 0 Å². The van der Waals surface area contributed by atoms with Crippen molar-refractivity contribution >= 4 is 11.6 Å². The SMILES string of the molecule is CCNC(=NCc1nnc2ccccn12)NCC1CCC(C)CC1. The van der Waals surface area contributed by atoms with Crippen molar-refractivity contribution in [1.29, 1.82) is 0 Å². The fourth-order valence-electron chi connectivity index (χ4n) is 3.26. The Morgan fingerprint density at radius 3 is 2.83 bits per heavy atom. The van der Waals surface area contributed by atoms with E-state index in [2.05, 4.69) is 39.7 Å². The fraction of sp³-hybridized carbons (Fsp3) is 0.611. The summed E-state index contributed by atoms with van der Waals surface area (Å²) in [4.78, 5) is 4.68. The van der Waals surface area contributed by atoms with Gasteiger partial charge in [-0.05, 0) is 43.7 Å². The van der Waals surface area contributed by atoms with E-state index in [1.807, 2.05) is 28.8 Å². The third-order valence-corrected chi connectivity index (χ3v) is 4.80. The summed E-state index contributed by atoms with van der Waals surface area (Å²) in [7, 11) is 0. The van der Waals surface area contributed by atoms with Crippen molar-refractivity contribution in [1.82, 2.24) is 25.2 Å². The molecule has 2 aromatic rings. The molecule has 130 valence electrons. The minimum atomic E-state index is 0.516. The Kier molecular flexibility index (Phi) is 5.67. The Bertz CT molecular complexity index is 669. The molecule has 0 atom stereocenters. The molecule has 3 rings (SSSR count). The summed E-state index contributed by atoms with van der Waals surface area (Å²) in [6.45, 7) is 6.82. The van der Waals surface area contributed by atoms with Gasteiger partial charge in [-0.2, -0.15) is 0 Å². The molecule has 1 fully saturated rings. The standard InChI is InChI=1S/C18H28N6/c1-3-19-18(20-12-15-9-7-14(2)8-10-15)21-13-17-23-22-16-6-4-5-11-24(16)17/h4-6,11,14-15H,3,7-10,12-13H2,1-2H3,(H2,19,20,21). The van der Waals surface area contributed by atoms with Gasteiger partial charge in [0.25, 0.3) is 0 Å². The zero-order valence-corrected chi connectivity index (χ0v) is 14.7. The van der Waals surface area contributed by atoms with Gasteiger partial charge in [-0.15, -0.1) is 10.2 Å². The molecular weight excluding hydrogens is 300 g/mol. The first kappa shape index (κ1) is 16.7. The van der Waals surface area contributed by atoms with Crippen molar-refractivity contribution in [2.24, 2.45) is 16.8 Å². The summed E-state index contributed by atoms with van der Waals surface area (Å²) < 4.78 is 1.98. The van der Waals surface area contributed by atoms with Crippen LogP contribution in [0.2, 0.25) is 0 Å². The normalized spacial score (nSPS) is 21.8. The predicted octanol–water partition coefficient (Wildman–Crippen LogP) is 2.61. The molecule has 2 aromatic heterocycles. The highest BCUT2D eigenvalue weighted by Crippen LogP contribution is 2.27. The van der Waals surface area contributed by atoms with Crippen molar-refractivity contribution in [2.75, 3.05) is 13.1 Å². The monoisotopic (exact) mass is 328 g/mol. The van der Waals surface area contributed by atoms with Gasteiger partial charge in [0.2, 0.25) is 0 Å². The first-order chi connectivity index (χ1) is 11.8. The third kappa shape index (κ3) is 4.24. The number of hydrogen-bond donors (Lipinski definition) is 2. The van der Waals surface area contributed by atoms with Gasteiger partial charge < -0.3 is 10.6 Å². The Morgan fingerprint density at radius 1 is 1.21 bits per heavy atom. The van der Waals surface area contributed by atoms with E-state index < -0.39 is 0 Å². The third-order valence-electron chi connectivity index (χ3n) is 4.80. The van der Waals surface area contributed by atoms with Crippen molar-refractivity contribution in [3.8, 4) is 0 Å². The molecular formula is C18H28N6. The molecule has 0 radical (unpaired) electrons. The van der Waals surface area contributed by atoms with Crippen LogP contribution in [0.3, 0.4) is 0 Å². The molecule has 0 aromatic carbocycles. The molecule has 24 heavy (non-hydrogen) atoms. The minimum absolute atomic E-state index is 0.516. The van der Waals surface area contributed by atoms with Gasteiger partial charge in [0.15, 0.2) is 17.4 Å². The topological polar surface area (TPSA) is 66.6 Å². The summed E-state index contributed by atoms with van der Waals surface area (Å²) in [5, 5.41) is 15.2. The lowest BCUT2D eigenvalue weighted by atomic mass is 9.83. The second-order valence-electron chi connectivity index (χ2n) is 6.75. The number of aliphatic imine (C=N–C) groups is 1. The summed E-state index contributed by atoms with van der Waals surface area (Å²) in [6, 6.07) is 5.90. The van der Waals surface area contributed by atoms with Crippen LogP contribution in [0.1, 0.15) is 45.4 Å². The van der Waals surface area contributed by atoms with Crippen LogP contribution >= 0.6 is 0 Å². The lowest BCUT2D eigenvalue weighted by molar-refractivity contribution is 0.289. The van der Waals surface area contributed by atoms with Gasteiger partial charge in [0, 0.05) is 19.3 Å². The molecule has 1 aliphatic carbocycles. The molecule has 2 heterocycles. The summed E-state index contributed by atoms with van der Waals surface area (Å²) >= 11 is 0. The molecule has 0 bridgehead atoms. The van der Waals surface area contributed by atoms with Crippen molar-refractivity contribution in [3.63, 3.8) is 0 Å². The zero-order chi connectivity index (χ0) is 16.8.